The van der Waals surface area contributed by atoms with E-state index in [-0.39, 0.29) is 0 Å². The molecule has 2 heteroatoms. The summed E-state index contributed by atoms with van der Waals surface area (Å²) in [5, 5.41) is 3.61. The molecule has 0 spiro atoms. The van der Waals surface area contributed by atoms with Gasteiger partial charge in [-0.05, 0) is 38.8 Å². The van der Waals surface area contributed by atoms with Crippen LogP contribution in [-0.2, 0) is 0 Å². The van der Waals surface area contributed by atoms with Crippen molar-refractivity contribution in [1.82, 2.24) is 10.2 Å². The first-order chi connectivity index (χ1) is 8.66. The minimum Gasteiger partial charge on any atom is -0.315 e. The number of likely N-dealkylation sites (N-methyl/N-ethyl adjacent to an activating group) is 1. The third kappa shape index (κ3) is 5.27. The molecule has 1 unspecified atom stereocenters. The van der Waals surface area contributed by atoms with Crippen molar-refractivity contribution >= 4 is 0 Å². The van der Waals surface area contributed by atoms with Gasteiger partial charge >= 0.3 is 0 Å². The van der Waals surface area contributed by atoms with E-state index in [1.807, 2.05) is 0 Å². The third-order valence-corrected chi connectivity index (χ3v) is 4.47. The van der Waals surface area contributed by atoms with Crippen LogP contribution in [0.4, 0.5) is 0 Å². The molecule has 1 aliphatic rings. The molecule has 1 aliphatic carbocycles. The van der Waals surface area contributed by atoms with E-state index < -0.39 is 0 Å². The Morgan fingerprint density at radius 2 is 1.72 bits per heavy atom. The first-order valence-corrected chi connectivity index (χ1v) is 8.09. The van der Waals surface area contributed by atoms with Crippen LogP contribution in [0.1, 0.15) is 65.7 Å². The summed E-state index contributed by atoms with van der Waals surface area (Å²) < 4.78 is 0. The molecule has 1 atom stereocenters. The number of nitrogens with zero attached hydrogens (tertiary/aromatic N) is 1. The van der Waals surface area contributed by atoms with Crippen LogP contribution < -0.4 is 5.32 Å². The average molecular weight is 254 g/mol. The van der Waals surface area contributed by atoms with Gasteiger partial charge in [0, 0.05) is 18.6 Å². The van der Waals surface area contributed by atoms with Gasteiger partial charge in [0.1, 0.15) is 0 Å². The fourth-order valence-electron chi connectivity index (χ4n) is 3.21. The molecule has 1 fully saturated rings. The van der Waals surface area contributed by atoms with Gasteiger partial charge in [-0.1, -0.05) is 46.5 Å². The molecule has 0 aromatic rings. The predicted molar refractivity (Wildman–Crippen MR) is 81.0 cm³/mol. The number of hydrogen-bond donors (Lipinski definition) is 1. The molecule has 1 saturated carbocycles. The second-order valence-corrected chi connectivity index (χ2v) is 6.33. The van der Waals surface area contributed by atoms with Crippen molar-refractivity contribution in [1.29, 1.82) is 0 Å². The molecule has 0 aliphatic heterocycles. The van der Waals surface area contributed by atoms with Crippen LogP contribution >= 0.6 is 0 Å². The lowest BCUT2D eigenvalue weighted by Crippen LogP contribution is -2.48. The van der Waals surface area contributed by atoms with Crippen LogP contribution in [0, 0.1) is 5.92 Å². The minimum atomic E-state index is 0.694. The zero-order valence-corrected chi connectivity index (χ0v) is 13.0. The number of rotatable bonds is 7. The van der Waals surface area contributed by atoms with E-state index in [0.717, 1.165) is 25.0 Å². The minimum absolute atomic E-state index is 0.694. The van der Waals surface area contributed by atoms with Gasteiger partial charge in [-0.2, -0.15) is 0 Å². The van der Waals surface area contributed by atoms with Gasteiger partial charge < -0.3 is 5.32 Å². The third-order valence-electron chi connectivity index (χ3n) is 4.47. The van der Waals surface area contributed by atoms with E-state index in [0.29, 0.717) is 6.04 Å². The summed E-state index contributed by atoms with van der Waals surface area (Å²) in [5.74, 6) is 0.739. The summed E-state index contributed by atoms with van der Waals surface area (Å²) >= 11 is 0. The molecular weight excluding hydrogens is 220 g/mol. The lowest BCUT2D eigenvalue weighted by Gasteiger charge is -2.37. The second kappa shape index (κ2) is 8.92. The standard InChI is InChI=1S/C16H34N2/c1-5-12-17-13-16(14(2)3)18(4)15-10-8-6-7-9-11-15/h14-17H,5-13H2,1-4H3. The molecule has 18 heavy (non-hydrogen) atoms. The van der Waals surface area contributed by atoms with Crippen molar-refractivity contribution in [3.8, 4) is 0 Å². The molecular formula is C16H34N2. The quantitative estimate of drug-likeness (QED) is 0.551. The summed E-state index contributed by atoms with van der Waals surface area (Å²) in [7, 11) is 2.36. The van der Waals surface area contributed by atoms with Gasteiger partial charge in [-0.3, -0.25) is 4.90 Å². The van der Waals surface area contributed by atoms with Crippen molar-refractivity contribution in [2.24, 2.45) is 5.92 Å². The SMILES string of the molecule is CCCNCC(C(C)C)N(C)C1CCCCCC1. The van der Waals surface area contributed by atoms with Gasteiger partial charge in [0.2, 0.25) is 0 Å². The Morgan fingerprint density at radius 1 is 1.11 bits per heavy atom. The highest BCUT2D eigenvalue weighted by Gasteiger charge is 2.25. The molecule has 1 rings (SSSR count). The van der Waals surface area contributed by atoms with Crippen LogP contribution in [-0.4, -0.2) is 37.1 Å². The van der Waals surface area contributed by atoms with Crippen LogP contribution in [0.2, 0.25) is 0 Å². The molecule has 1 N–H and O–H groups in total. The van der Waals surface area contributed by atoms with Crippen molar-refractivity contribution in [3.05, 3.63) is 0 Å². The molecule has 2 nitrogen and oxygen atoms in total. The summed E-state index contributed by atoms with van der Waals surface area (Å²) in [4.78, 5) is 2.68. The molecule has 0 aromatic carbocycles. The Balaban J connectivity index is 2.48. The molecule has 0 radical (unpaired) electrons. The highest BCUT2D eigenvalue weighted by atomic mass is 15.2. The largest absolute Gasteiger partial charge is 0.315 e. The van der Waals surface area contributed by atoms with Gasteiger partial charge in [-0.25, -0.2) is 0 Å². The van der Waals surface area contributed by atoms with E-state index in [9.17, 15) is 0 Å². The van der Waals surface area contributed by atoms with Gasteiger partial charge in [0.15, 0.2) is 0 Å². The topological polar surface area (TPSA) is 15.3 Å². The summed E-state index contributed by atoms with van der Waals surface area (Å²) in [5.41, 5.74) is 0. The first kappa shape index (κ1) is 16.0. The number of hydrogen-bond acceptors (Lipinski definition) is 2. The maximum absolute atomic E-state index is 3.61. The maximum atomic E-state index is 3.61. The lowest BCUT2D eigenvalue weighted by atomic mass is 9.98. The Labute approximate surface area is 115 Å². The summed E-state index contributed by atoms with van der Waals surface area (Å²) in [6, 6.07) is 1.52. The molecule has 0 aromatic heterocycles. The van der Waals surface area contributed by atoms with E-state index in [2.05, 4.69) is 38.0 Å². The molecule has 108 valence electrons. The number of nitrogens with one attached hydrogen (secondary N) is 1. The van der Waals surface area contributed by atoms with E-state index >= 15 is 0 Å². The van der Waals surface area contributed by atoms with Crippen molar-refractivity contribution in [3.63, 3.8) is 0 Å². The molecule has 0 amide bonds. The van der Waals surface area contributed by atoms with Gasteiger partial charge in [0.05, 0.1) is 0 Å². The summed E-state index contributed by atoms with van der Waals surface area (Å²) in [6.07, 6.45) is 9.82. The lowest BCUT2D eigenvalue weighted by molar-refractivity contribution is 0.121. The summed E-state index contributed by atoms with van der Waals surface area (Å²) in [6.45, 7) is 9.28. The maximum Gasteiger partial charge on any atom is 0.0243 e. The van der Waals surface area contributed by atoms with Gasteiger partial charge in [0.25, 0.3) is 0 Å². The Hall–Kier alpha value is -0.0800. The van der Waals surface area contributed by atoms with E-state index in [1.165, 1.54) is 44.9 Å². The smallest absolute Gasteiger partial charge is 0.0243 e. The Kier molecular flexibility index (Phi) is 7.92. The molecule has 0 bridgehead atoms. The normalized spacial score (nSPS) is 20.3. The molecule has 0 heterocycles. The zero-order valence-electron chi connectivity index (χ0n) is 13.0. The van der Waals surface area contributed by atoms with Crippen molar-refractivity contribution in [2.75, 3.05) is 20.1 Å². The highest BCUT2D eigenvalue weighted by molar-refractivity contribution is 4.81. The fourth-order valence-corrected chi connectivity index (χ4v) is 3.21. The van der Waals surface area contributed by atoms with Crippen molar-refractivity contribution < 1.29 is 0 Å². The fraction of sp³-hybridized carbons (Fsp3) is 1.00. The van der Waals surface area contributed by atoms with Gasteiger partial charge in [-0.15, -0.1) is 0 Å². The van der Waals surface area contributed by atoms with Crippen LogP contribution in [0.3, 0.4) is 0 Å². The monoisotopic (exact) mass is 254 g/mol. The Morgan fingerprint density at radius 3 is 2.22 bits per heavy atom. The predicted octanol–water partition coefficient (Wildman–Crippen LogP) is 3.67. The molecule has 0 saturated heterocycles. The average Bonchev–Trinajstić information content (AvgIpc) is 2.62. The van der Waals surface area contributed by atoms with Crippen LogP contribution in [0.15, 0.2) is 0 Å². The van der Waals surface area contributed by atoms with Crippen LogP contribution in [0.5, 0.6) is 0 Å². The van der Waals surface area contributed by atoms with Crippen LogP contribution in [0.25, 0.3) is 0 Å². The van der Waals surface area contributed by atoms with E-state index in [1.54, 1.807) is 0 Å². The second-order valence-electron chi connectivity index (χ2n) is 6.33. The highest BCUT2D eigenvalue weighted by Crippen LogP contribution is 2.24. The first-order valence-electron chi connectivity index (χ1n) is 8.09. The van der Waals surface area contributed by atoms with E-state index in [4.69, 9.17) is 0 Å². The van der Waals surface area contributed by atoms with Crippen molar-refractivity contribution in [2.45, 2.75) is 77.8 Å². The zero-order chi connectivity index (χ0) is 13.4. The Bertz CT molecular complexity index is 195.